The Morgan fingerprint density at radius 2 is 1.60 bits per heavy atom. The summed E-state index contributed by atoms with van der Waals surface area (Å²) in [7, 11) is -7.31. The Hall–Kier alpha value is -3.41. The summed E-state index contributed by atoms with van der Waals surface area (Å²) in [5, 5.41) is 22.0. The van der Waals surface area contributed by atoms with Crippen molar-refractivity contribution in [1.29, 1.82) is 0 Å². The van der Waals surface area contributed by atoms with Gasteiger partial charge in [0.2, 0.25) is 0 Å². The smallest absolute Gasteiger partial charge is 0.449 e. The molecule has 0 radical (unpaired) electrons. The van der Waals surface area contributed by atoms with Gasteiger partial charge in [-0.1, -0.05) is 52.4 Å². The zero-order chi connectivity index (χ0) is 25.3. The lowest BCUT2D eigenvalue weighted by molar-refractivity contribution is 0.142. The van der Waals surface area contributed by atoms with Crippen LogP contribution >= 0.6 is 0 Å². The van der Waals surface area contributed by atoms with Crippen LogP contribution in [0.4, 0.5) is 8.68 Å². The van der Waals surface area contributed by atoms with Crippen molar-refractivity contribution < 1.29 is 36.1 Å². The third-order valence-electron chi connectivity index (χ3n) is 6.18. The van der Waals surface area contributed by atoms with Crippen LogP contribution < -0.4 is 15.0 Å². The fraction of sp³-hybridized carbons (Fsp3) is 0.208. The first-order valence-corrected chi connectivity index (χ1v) is 12.1. The molecule has 1 aliphatic rings. The van der Waals surface area contributed by atoms with Crippen LogP contribution in [0.25, 0.3) is 11.1 Å². The highest BCUT2D eigenvalue weighted by atomic mass is 32.3. The first kappa shape index (κ1) is 24.7. The van der Waals surface area contributed by atoms with Gasteiger partial charge in [0.15, 0.2) is 0 Å². The van der Waals surface area contributed by atoms with E-state index >= 15 is 0 Å². The Kier molecular flexibility index (Phi) is 6.84. The zero-order valence-corrected chi connectivity index (χ0v) is 19.8. The van der Waals surface area contributed by atoms with Crippen LogP contribution in [0.5, 0.6) is 5.75 Å². The summed E-state index contributed by atoms with van der Waals surface area (Å²) in [4.78, 5) is 12.5. The molecule has 0 spiro atoms. The van der Waals surface area contributed by atoms with Gasteiger partial charge in [0.05, 0.1) is 0 Å². The Bertz CT molecular complexity index is 1350. The Labute approximate surface area is 202 Å². The largest absolute Gasteiger partial charge is 0.489 e. The Balaban J connectivity index is 1.49. The monoisotopic (exact) mass is 499 g/mol. The van der Waals surface area contributed by atoms with Crippen molar-refractivity contribution in [2.45, 2.75) is 26.3 Å². The van der Waals surface area contributed by atoms with E-state index in [-0.39, 0.29) is 30.1 Å². The van der Waals surface area contributed by atoms with E-state index in [1.165, 1.54) is 13.0 Å². The number of rotatable bonds is 7. The normalized spacial score (nSPS) is 12.6. The summed E-state index contributed by atoms with van der Waals surface area (Å²) < 4.78 is 44.9. The van der Waals surface area contributed by atoms with Gasteiger partial charge in [-0.2, -0.15) is 8.42 Å². The van der Waals surface area contributed by atoms with Crippen LogP contribution in [-0.4, -0.2) is 38.3 Å². The number of benzene rings is 3. The van der Waals surface area contributed by atoms with Crippen molar-refractivity contribution in [2.24, 2.45) is 0 Å². The fourth-order valence-corrected chi connectivity index (χ4v) is 4.93. The van der Waals surface area contributed by atoms with Gasteiger partial charge >= 0.3 is 23.7 Å². The molecular formula is C24H23BFNO7S. The Morgan fingerprint density at radius 3 is 2.14 bits per heavy atom. The maximum atomic E-state index is 13.1. The minimum absolute atomic E-state index is 0.0450. The molecule has 182 valence electrons. The SMILES string of the molecule is Cc1c(CNC(=O)OCC2c3ccccc3-c3ccccc32)cc(OS(=O)(=O)F)c(C)c1B(O)O. The van der Waals surface area contributed by atoms with Crippen LogP contribution in [-0.2, 0) is 21.8 Å². The second kappa shape index (κ2) is 9.69. The summed E-state index contributed by atoms with van der Waals surface area (Å²) >= 11 is 0. The van der Waals surface area contributed by atoms with Crippen LogP contribution in [0.1, 0.15) is 33.7 Å². The predicted octanol–water partition coefficient (Wildman–Crippen LogP) is 2.62. The molecule has 0 aliphatic heterocycles. The van der Waals surface area contributed by atoms with Gasteiger partial charge in [-0.05, 0) is 64.3 Å². The lowest BCUT2D eigenvalue weighted by Crippen LogP contribution is -2.36. The molecule has 1 aliphatic carbocycles. The van der Waals surface area contributed by atoms with Crippen LogP contribution in [0.2, 0.25) is 0 Å². The quantitative estimate of drug-likeness (QED) is 0.338. The highest BCUT2D eigenvalue weighted by molar-refractivity contribution is 7.81. The standard InChI is InChI=1S/C24H23BFNO7S/c1-14-16(11-22(34-35(26,31)32)15(2)23(14)25(29)30)12-27-24(28)33-13-21-19-9-5-3-7-17(19)18-8-4-6-10-20(18)21/h3-11,21,29-30H,12-13H2,1-2H3,(H,27,28). The number of carbonyl (C=O) groups excluding carboxylic acids is 1. The second-order valence-electron chi connectivity index (χ2n) is 8.23. The van der Waals surface area contributed by atoms with Crippen molar-refractivity contribution >= 4 is 29.2 Å². The second-order valence-corrected chi connectivity index (χ2v) is 9.18. The number of alkyl carbamates (subject to hydrolysis) is 1. The van der Waals surface area contributed by atoms with E-state index in [4.69, 9.17) is 4.74 Å². The first-order valence-electron chi connectivity index (χ1n) is 10.8. The molecule has 4 rings (SSSR count). The summed E-state index contributed by atoms with van der Waals surface area (Å²) in [6.07, 6.45) is -0.724. The molecule has 3 aromatic rings. The molecule has 8 nitrogen and oxygen atoms in total. The third-order valence-corrected chi connectivity index (χ3v) is 6.56. The highest BCUT2D eigenvalue weighted by Crippen LogP contribution is 2.44. The molecule has 0 saturated heterocycles. The number of hydrogen-bond donors (Lipinski definition) is 3. The first-order chi connectivity index (χ1) is 16.6. The number of fused-ring (bicyclic) bond motifs is 3. The minimum Gasteiger partial charge on any atom is -0.449 e. The highest BCUT2D eigenvalue weighted by Gasteiger charge is 2.29. The molecule has 1 amide bonds. The van der Waals surface area contributed by atoms with Gasteiger partial charge in [-0.25, -0.2) is 4.79 Å². The van der Waals surface area contributed by atoms with E-state index in [9.17, 15) is 27.1 Å². The maximum absolute atomic E-state index is 13.1. The van der Waals surface area contributed by atoms with Crippen molar-refractivity contribution in [2.75, 3.05) is 6.61 Å². The number of halogens is 1. The van der Waals surface area contributed by atoms with Crippen molar-refractivity contribution in [1.82, 2.24) is 5.32 Å². The van der Waals surface area contributed by atoms with Gasteiger partial charge in [-0.3, -0.25) is 0 Å². The average Bonchev–Trinajstić information content (AvgIpc) is 3.11. The molecule has 3 aromatic carbocycles. The van der Waals surface area contributed by atoms with Crippen molar-refractivity contribution in [3.05, 3.63) is 82.4 Å². The molecule has 0 saturated carbocycles. The van der Waals surface area contributed by atoms with E-state index in [0.29, 0.717) is 11.1 Å². The molecule has 0 bridgehead atoms. The van der Waals surface area contributed by atoms with Gasteiger partial charge in [0.25, 0.3) is 0 Å². The molecule has 3 N–H and O–H groups in total. The number of ether oxygens (including phenoxy) is 1. The lowest BCUT2D eigenvalue weighted by atomic mass is 9.73. The number of hydrogen-bond acceptors (Lipinski definition) is 7. The van der Waals surface area contributed by atoms with Crippen LogP contribution in [0.3, 0.4) is 0 Å². The van der Waals surface area contributed by atoms with Crippen molar-refractivity contribution in [3.8, 4) is 16.9 Å². The lowest BCUT2D eigenvalue weighted by Gasteiger charge is -2.18. The van der Waals surface area contributed by atoms with Gasteiger partial charge < -0.3 is 24.3 Å². The van der Waals surface area contributed by atoms with E-state index in [1.54, 1.807) is 6.92 Å². The van der Waals surface area contributed by atoms with Gasteiger partial charge in [0.1, 0.15) is 12.4 Å². The maximum Gasteiger partial charge on any atom is 0.489 e. The number of nitrogens with one attached hydrogen (secondary N) is 1. The van der Waals surface area contributed by atoms with E-state index < -0.39 is 29.5 Å². The molecule has 0 fully saturated rings. The van der Waals surface area contributed by atoms with E-state index in [1.807, 2.05) is 48.5 Å². The molecular weight excluding hydrogens is 476 g/mol. The average molecular weight is 499 g/mol. The minimum atomic E-state index is -5.35. The Morgan fingerprint density at radius 1 is 1.03 bits per heavy atom. The molecule has 0 unspecified atom stereocenters. The van der Waals surface area contributed by atoms with Gasteiger partial charge in [-0.15, -0.1) is 0 Å². The molecule has 0 atom stereocenters. The number of carbonyl (C=O) groups is 1. The molecule has 0 aromatic heterocycles. The summed E-state index contributed by atoms with van der Waals surface area (Å²) in [5.41, 5.74) is 4.99. The molecule has 35 heavy (non-hydrogen) atoms. The van der Waals surface area contributed by atoms with Crippen molar-refractivity contribution in [3.63, 3.8) is 0 Å². The molecule has 11 heteroatoms. The third kappa shape index (κ3) is 5.17. The van der Waals surface area contributed by atoms with E-state index in [2.05, 4.69) is 9.50 Å². The summed E-state index contributed by atoms with van der Waals surface area (Å²) in [6.45, 7) is 2.88. The summed E-state index contributed by atoms with van der Waals surface area (Å²) in [5.74, 6) is -0.536. The van der Waals surface area contributed by atoms with E-state index in [0.717, 1.165) is 22.3 Å². The summed E-state index contributed by atoms with van der Waals surface area (Å²) in [6, 6.07) is 17.1. The predicted molar refractivity (Wildman–Crippen MR) is 128 cm³/mol. The molecule has 0 heterocycles. The van der Waals surface area contributed by atoms with Crippen LogP contribution in [0.15, 0.2) is 54.6 Å². The topological polar surface area (TPSA) is 122 Å². The zero-order valence-electron chi connectivity index (χ0n) is 19.0. The van der Waals surface area contributed by atoms with Gasteiger partial charge in [0, 0.05) is 12.5 Å². The fourth-order valence-electron chi connectivity index (χ4n) is 4.54. The number of amides is 1. The van der Waals surface area contributed by atoms with Crippen LogP contribution in [0, 0.1) is 13.8 Å².